The largest absolute Gasteiger partial charge is 0.298 e. The number of aromatic nitrogens is 2. The molecule has 0 fully saturated rings. The maximum atomic E-state index is 12.0. The van der Waals surface area contributed by atoms with Gasteiger partial charge in [0.05, 0.1) is 11.9 Å². The molecule has 0 aliphatic heterocycles. The minimum absolute atomic E-state index is 0.0990. The molecule has 0 atom stereocenters. The number of aromatic amines is 1. The van der Waals surface area contributed by atoms with Crippen molar-refractivity contribution < 1.29 is 13.2 Å². The van der Waals surface area contributed by atoms with E-state index in [1.165, 1.54) is 30.5 Å². The van der Waals surface area contributed by atoms with Crippen LogP contribution in [0.2, 0.25) is 0 Å². The van der Waals surface area contributed by atoms with Crippen molar-refractivity contribution in [2.24, 2.45) is 0 Å². The van der Waals surface area contributed by atoms with E-state index in [2.05, 4.69) is 14.9 Å². The molecule has 0 saturated heterocycles. The lowest BCUT2D eigenvalue weighted by Crippen LogP contribution is -2.13. The molecule has 1 aromatic carbocycles. The number of rotatable bonds is 4. The molecular weight excluding hydrogens is 254 g/mol. The molecule has 0 radical (unpaired) electrons. The summed E-state index contributed by atoms with van der Waals surface area (Å²) in [6, 6.07) is 6.12. The Morgan fingerprint density at radius 3 is 2.44 bits per heavy atom. The summed E-state index contributed by atoms with van der Waals surface area (Å²) in [5.74, 6) is 0. The average Bonchev–Trinajstić information content (AvgIpc) is 2.77. The molecule has 6 nitrogen and oxygen atoms in total. The van der Waals surface area contributed by atoms with Gasteiger partial charge in [0.15, 0.2) is 0 Å². The summed E-state index contributed by atoms with van der Waals surface area (Å²) in [5.41, 5.74) is 1.34. The smallest absolute Gasteiger partial charge is 0.265 e. The Labute approximate surface area is 104 Å². The second-order valence-electron chi connectivity index (χ2n) is 3.70. The van der Waals surface area contributed by atoms with E-state index in [9.17, 15) is 13.2 Å². The normalized spacial score (nSPS) is 11.2. The maximum Gasteiger partial charge on any atom is 0.265 e. The van der Waals surface area contributed by atoms with E-state index in [1.54, 1.807) is 6.92 Å². The van der Waals surface area contributed by atoms with Crippen LogP contribution in [0.4, 0.5) is 5.69 Å². The van der Waals surface area contributed by atoms with E-state index >= 15 is 0 Å². The lowest BCUT2D eigenvalue weighted by Gasteiger charge is -2.06. The third kappa shape index (κ3) is 2.40. The number of hydrogen-bond donors (Lipinski definition) is 2. The number of aryl methyl sites for hydroxylation is 1. The predicted octanol–water partition coefficient (Wildman–Crippen LogP) is 1.33. The first-order valence-electron chi connectivity index (χ1n) is 5.11. The van der Waals surface area contributed by atoms with E-state index in [0.29, 0.717) is 23.2 Å². The molecule has 18 heavy (non-hydrogen) atoms. The number of nitrogens with zero attached hydrogens (tertiary/aromatic N) is 1. The Balaban J connectivity index is 2.28. The first kappa shape index (κ1) is 12.3. The van der Waals surface area contributed by atoms with Gasteiger partial charge in [-0.3, -0.25) is 14.6 Å². The van der Waals surface area contributed by atoms with Crippen molar-refractivity contribution in [3.05, 3.63) is 41.7 Å². The number of carbonyl (C=O) groups excluding carboxylic acids is 1. The highest BCUT2D eigenvalue weighted by Gasteiger charge is 2.18. The van der Waals surface area contributed by atoms with E-state index in [1.807, 2.05) is 0 Å². The van der Waals surface area contributed by atoms with Gasteiger partial charge in [-0.15, -0.1) is 0 Å². The fraction of sp³-hybridized carbons (Fsp3) is 0.0909. The zero-order chi connectivity index (χ0) is 13.2. The summed E-state index contributed by atoms with van der Waals surface area (Å²) in [4.78, 5) is 10.6. The molecule has 7 heteroatoms. The molecule has 2 rings (SSSR count). The highest BCUT2D eigenvalue weighted by molar-refractivity contribution is 7.92. The number of sulfonamides is 1. The standard InChI is InChI=1S/C11H11N3O3S/c1-8-11(6-12-13-8)18(16,17)14-10-4-2-9(7-15)3-5-10/h2-7,14H,1H3,(H,12,13). The van der Waals surface area contributed by atoms with Gasteiger partial charge in [-0.1, -0.05) is 0 Å². The molecule has 0 saturated carbocycles. The molecule has 0 spiro atoms. The quantitative estimate of drug-likeness (QED) is 0.816. The molecule has 1 aromatic heterocycles. The minimum Gasteiger partial charge on any atom is -0.298 e. The van der Waals surface area contributed by atoms with Gasteiger partial charge >= 0.3 is 0 Å². The van der Waals surface area contributed by atoms with Crippen LogP contribution in [-0.4, -0.2) is 24.9 Å². The van der Waals surface area contributed by atoms with Gasteiger partial charge in [0.2, 0.25) is 0 Å². The highest BCUT2D eigenvalue weighted by Crippen LogP contribution is 2.17. The lowest BCUT2D eigenvalue weighted by atomic mass is 10.2. The van der Waals surface area contributed by atoms with Gasteiger partial charge in [0.25, 0.3) is 10.0 Å². The van der Waals surface area contributed by atoms with Crippen LogP contribution in [0.3, 0.4) is 0 Å². The number of anilines is 1. The SMILES string of the molecule is Cc1[nH]ncc1S(=O)(=O)Nc1ccc(C=O)cc1. The number of hydrogen-bond acceptors (Lipinski definition) is 4. The molecule has 0 amide bonds. The molecule has 0 aliphatic carbocycles. The number of nitrogens with one attached hydrogen (secondary N) is 2. The summed E-state index contributed by atoms with van der Waals surface area (Å²) < 4.78 is 26.4. The molecule has 1 heterocycles. The predicted molar refractivity (Wildman–Crippen MR) is 66.0 cm³/mol. The minimum atomic E-state index is -3.65. The Morgan fingerprint density at radius 1 is 1.28 bits per heavy atom. The lowest BCUT2D eigenvalue weighted by molar-refractivity contribution is 0.112. The summed E-state index contributed by atoms with van der Waals surface area (Å²) in [5, 5.41) is 6.23. The maximum absolute atomic E-state index is 12.0. The van der Waals surface area contributed by atoms with Crippen LogP contribution in [0, 0.1) is 6.92 Å². The first-order chi connectivity index (χ1) is 8.53. The van der Waals surface area contributed by atoms with Crippen LogP contribution in [0.5, 0.6) is 0 Å². The van der Waals surface area contributed by atoms with Crippen LogP contribution < -0.4 is 4.72 Å². The Kier molecular flexibility index (Phi) is 3.15. The topological polar surface area (TPSA) is 91.9 Å². The molecule has 2 aromatic rings. The van der Waals surface area contributed by atoms with Gasteiger partial charge < -0.3 is 0 Å². The molecule has 0 aliphatic rings. The summed E-state index contributed by atoms with van der Waals surface area (Å²) in [7, 11) is -3.65. The summed E-state index contributed by atoms with van der Waals surface area (Å²) in [6.45, 7) is 1.62. The van der Waals surface area contributed by atoms with Gasteiger partial charge in [0.1, 0.15) is 11.2 Å². The second kappa shape index (κ2) is 4.61. The van der Waals surface area contributed by atoms with Crippen LogP contribution in [0.25, 0.3) is 0 Å². The van der Waals surface area contributed by atoms with Crippen LogP contribution in [-0.2, 0) is 10.0 Å². The highest BCUT2D eigenvalue weighted by atomic mass is 32.2. The van der Waals surface area contributed by atoms with Crippen molar-refractivity contribution in [2.45, 2.75) is 11.8 Å². The molecular formula is C11H11N3O3S. The van der Waals surface area contributed by atoms with E-state index in [0.717, 1.165) is 0 Å². The zero-order valence-corrected chi connectivity index (χ0v) is 10.4. The first-order valence-corrected chi connectivity index (χ1v) is 6.59. The van der Waals surface area contributed by atoms with E-state index < -0.39 is 10.0 Å². The number of carbonyl (C=O) groups is 1. The fourth-order valence-electron chi connectivity index (χ4n) is 1.45. The number of H-pyrrole nitrogens is 1. The van der Waals surface area contributed by atoms with Gasteiger partial charge in [-0.25, -0.2) is 8.42 Å². The van der Waals surface area contributed by atoms with Gasteiger partial charge in [-0.05, 0) is 31.2 Å². The molecule has 94 valence electrons. The Bertz CT molecular complexity index is 659. The third-order valence-electron chi connectivity index (χ3n) is 2.37. The summed E-state index contributed by atoms with van der Waals surface area (Å²) in [6.07, 6.45) is 1.94. The number of aldehydes is 1. The third-order valence-corrected chi connectivity index (χ3v) is 3.87. The van der Waals surface area contributed by atoms with E-state index in [-0.39, 0.29) is 4.90 Å². The van der Waals surface area contributed by atoms with Crippen molar-refractivity contribution in [1.29, 1.82) is 0 Å². The van der Waals surface area contributed by atoms with Crippen molar-refractivity contribution >= 4 is 22.0 Å². The van der Waals surface area contributed by atoms with Crippen molar-refractivity contribution in [3.8, 4) is 0 Å². The number of benzene rings is 1. The van der Waals surface area contributed by atoms with Crippen LogP contribution in [0.15, 0.2) is 35.4 Å². The van der Waals surface area contributed by atoms with Crippen molar-refractivity contribution in [1.82, 2.24) is 10.2 Å². The monoisotopic (exact) mass is 265 g/mol. The molecule has 0 unspecified atom stereocenters. The van der Waals surface area contributed by atoms with Gasteiger partial charge in [-0.2, -0.15) is 5.10 Å². The van der Waals surface area contributed by atoms with Crippen molar-refractivity contribution in [3.63, 3.8) is 0 Å². The molecule has 0 bridgehead atoms. The van der Waals surface area contributed by atoms with Gasteiger partial charge in [0, 0.05) is 11.3 Å². The summed E-state index contributed by atoms with van der Waals surface area (Å²) >= 11 is 0. The Hall–Kier alpha value is -2.15. The Morgan fingerprint density at radius 2 is 1.94 bits per heavy atom. The van der Waals surface area contributed by atoms with Crippen LogP contribution in [0.1, 0.15) is 16.1 Å². The van der Waals surface area contributed by atoms with Crippen LogP contribution >= 0.6 is 0 Å². The van der Waals surface area contributed by atoms with Crippen molar-refractivity contribution in [2.75, 3.05) is 4.72 Å². The fourth-order valence-corrected chi connectivity index (χ4v) is 2.65. The average molecular weight is 265 g/mol. The molecule has 2 N–H and O–H groups in total. The zero-order valence-electron chi connectivity index (χ0n) is 9.54. The van der Waals surface area contributed by atoms with E-state index in [4.69, 9.17) is 0 Å². The second-order valence-corrected chi connectivity index (χ2v) is 5.36.